The van der Waals surface area contributed by atoms with E-state index >= 15 is 0 Å². The molecule has 27 heavy (non-hydrogen) atoms. The van der Waals surface area contributed by atoms with Crippen LogP contribution >= 0.6 is 0 Å². The molecule has 3 rings (SSSR count). The Morgan fingerprint density at radius 1 is 1.15 bits per heavy atom. The number of nitrogens with two attached hydrogens (primary N) is 1. The average Bonchev–Trinajstić information content (AvgIpc) is 2.61. The lowest BCUT2D eigenvalue weighted by molar-refractivity contribution is 0.0995. The van der Waals surface area contributed by atoms with Gasteiger partial charge in [-0.05, 0) is 42.7 Å². The van der Waals surface area contributed by atoms with Gasteiger partial charge in [-0.3, -0.25) is 9.00 Å². The minimum Gasteiger partial charge on any atom is -0.772 e. The van der Waals surface area contributed by atoms with Crippen molar-refractivity contribution in [3.05, 3.63) is 53.7 Å². The molecule has 8 heteroatoms. The molecule has 3 N–H and O–H groups in total. The van der Waals surface area contributed by atoms with Crippen molar-refractivity contribution in [1.82, 2.24) is 10.2 Å². The molecule has 2 aromatic carbocycles. The van der Waals surface area contributed by atoms with Gasteiger partial charge >= 0.3 is 0 Å². The molecule has 0 fully saturated rings. The molecule has 0 saturated carbocycles. The number of carbonyl (C=O) groups excluding carboxylic acids is 1. The monoisotopic (exact) mass is 383 g/mol. The summed E-state index contributed by atoms with van der Waals surface area (Å²) in [5.41, 5.74) is 9.31. The van der Waals surface area contributed by atoms with Crippen LogP contribution in [0.25, 0.3) is 22.0 Å². The van der Waals surface area contributed by atoms with E-state index in [-0.39, 0.29) is 17.5 Å². The van der Waals surface area contributed by atoms with Gasteiger partial charge in [0, 0.05) is 17.2 Å². The van der Waals surface area contributed by atoms with Gasteiger partial charge in [0.1, 0.15) is 0 Å². The minimum atomic E-state index is -2.12. The third-order valence-electron chi connectivity index (χ3n) is 4.00. The number of rotatable bonds is 6. The van der Waals surface area contributed by atoms with Crippen molar-refractivity contribution in [2.24, 2.45) is 5.73 Å². The maximum absolute atomic E-state index is 11.8. The SMILES string of the molecule is CC(C)Nc1c(C(N)=O)nnc2ccc(-c3ccc(CS(=O)[O-])cc3)cc12. The fraction of sp³-hybridized carbons (Fsp3) is 0.211. The van der Waals surface area contributed by atoms with E-state index < -0.39 is 17.0 Å². The maximum Gasteiger partial charge on any atom is 0.271 e. The number of hydrogen-bond acceptors (Lipinski definition) is 6. The summed E-state index contributed by atoms with van der Waals surface area (Å²) in [7, 11) is 0. The third-order valence-corrected chi connectivity index (χ3v) is 4.57. The number of nitrogens with one attached hydrogen (secondary N) is 1. The zero-order valence-electron chi connectivity index (χ0n) is 14.9. The van der Waals surface area contributed by atoms with Crippen molar-refractivity contribution < 1.29 is 13.6 Å². The molecular formula is C19H19N4O3S-. The number of anilines is 1. The number of hydrogen-bond donors (Lipinski definition) is 2. The molecule has 0 saturated heterocycles. The van der Waals surface area contributed by atoms with Gasteiger partial charge in [0.05, 0.1) is 11.2 Å². The Labute approximate surface area is 159 Å². The Bertz CT molecular complexity index is 1020. The Morgan fingerprint density at radius 2 is 1.81 bits per heavy atom. The highest BCUT2D eigenvalue weighted by molar-refractivity contribution is 7.78. The number of amides is 1. The van der Waals surface area contributed by atoms with E-state index in [2.05, 4.69) is 15.5 Å². The van der Waals surface area contributed by atoms with Gasteiger partial charge in [-0.2, -0.15) is 0 Å². The van der Waals surface area contributed by atoms with Crippen LogP contribution in [0.1, 0.15) is 29.9 Å². The van der Waals surface area contributed by atoms with Gasteiger partial charge in [0.2, 0.25) is 0 Å². The third kappa shape index (κ3) is 4.29. The van der Waals surface area contributed by atoms with Crippen molar-refractivity contribution in [1.29, 1.82) is 0 Å². The Hall–Kier alpha value is -2.84. The molecule has 0 aliphatic rings. The summed E-state index contributed by atoms with van der Waals surface area (Å²) in [5, 5.41) is 12.0. The summed E-state index contributed by atoms with van der Waals surface area (Å²) in [6, 6.07) is 13.0. The standard InChI is InChI=1S/C19H20N4O3S/c1-11(2)21-17-15-9-14(7-8-16(15)22-23-18(17)19(20)24)13-5-3-12(4-6-13)10-27(25)26/h3-9,11H,10H2,1-2H3,(H2,20,24)(H,21,22)(H,25,26)/p-1. The van der Waals surface area contributed by atoms with Crippen LogP contribution < -0.4 is 11.1 Å². The molecule has 1 heterocycles. The van der Waals surface area contributed by atoms with Crippen LogP contribution in [0.2, 0.25) is 0 Å². The zero-order chi connectivity index (χ0) is 19.6. The van der Waals surface area contributed by atoms with Crippen LogP contribution in [0.3, 0.4) is 0 Å². The first kappa shape index (κ1) is 18.9. The normalized spacial score (nSPS) is 12.3. The van der Waals surface area contributed by atoms with Crippen LogP contribution in [0.15, 0.2) is 42.5 Å². The second-order valence-corrected chi connectivity index (χ2v) is 7.36. The topological polar surface area (TPSA) is 121 Å². The second kappa shape index (κ2) is 7.81. The molecule has 1 amide bonds. The molecule has 0 aliphatic heterocycles. The number of primary amides is 1. The Kier molecular flexibility index (Phi) is 5.48. The largest absolute Gasteiger partial charge is 0.772 e. The molecule has 1 unspecified atom stereocenters. The van der Waals surface area contributed by atoms with Crippen molar-refractivity contribution in [3.63, 3.8) is 0 Å². The molecule has 3 aromatic rings. The van der Waals surface area contributed by atoms with E-state index in [9.17, 15) is 13.6 Å². The number of benzene rings is 2. The molecule has 0 spiro atoms. The second-order valence-electron chi connectivity index (χ2n) is 6.46. The van der Waals surface area contributed by atoms with Crippen LogP contribution in [0.5, 0.6) is 0 Å². The molecule has 0 radical (unpaired) electrons. The maximum atomic E-state index is 11.8. The van der Waals surface area contributed by atoms with Crippen LogP contribution in [-0.4, -0.2) is 30.9 Å². The molecule has 0 aliphatic carbocycles. The van der Waals surface area contributed by atoms with Crippen LogP contribution in [0.4, 0.5) is 5.69 Å². The van der Waals surface area contributed by atoms with E-state index in [1.807, 2.05) is 44.2 Å². The van der Waals surface area contributed by atoms with Crippen molar-refractivity contribution in [2.75, 3.05) is 5.32 Å². The summed E-state index contributed by atoms with van der Waals surface area (Å²) in [6.07, 6.45) is 0. The number of fused-ring (bicyclic) bond motifs is 1. The molecular weight excluding hydrogens is 364 g/mol. The van der Waals surface area contributed by atoms with Gasteiger partial charge in [-0.25, -0.2) is 0 Å². The first-order valence-corrected chi connectivity index (χ1v) is 9.61. The zero-order valence-corrected chi connectivity index (χ0v) is 15.7. The van der Waals surface area contributed by atoms with Crippen LogP contribution in [0, 0.1) is 0 Å². The summed E-state index contributed by atoms with van der Waals surface area (Å²) < 4.78 is 21.6. The average molecular weight is 383 g/mol. The fourth-order valence-electron chi connectivity index (χ4n) is 2.82. The lowest BCUT2D eigenvalue weighted by atomic mass is 10.0. The molecule has 0 bridgehead atoms. The lowest BCUT2D eigenvalue weighted by Crippen LogP contribution is -2.20. The van der Waals surface area contributed by atoms with Gasteiger partial charge in [0.25, 0.3) is 5.91 Å². The smallest absolute Gasteiger partial charge is 0.271 e. The van der Waals surface area contributed by atoms with Crippen molar-refractivity contribution in [3.8, 4) is 11.1 Å². The summed E-state index contributed by atoms with van der Waals surface area (Å²) in [6.45, 7) is 3.92. The van der Waals surface area contributed by atoms with Gasteiger partial charge < -0.3 is 15.6 Å². The summed E-state index contributed by atoms with van der Waals surface area (Å²) >= 11 is -2.12. The van der Waals surface area contributed by atoms with Crippen molar-refractivity contribution >= 4 is 33.6 Å². The predicted molar refractivity (Wildman–Crippen MR) is 105 cm³/mol. The molecule has 1 atom stereocenters. The Balaban J connectivity index is 2.10. The molecule has 7 nitrogen and oxygen atoms in total. The van der Waals surface area contributed by atoms with E-state index in [1.165, 1.54) is 0 Å². The number of carbonyl (C=O) groups is 1. The molecule has 1 aromatic heterocycles. The van der Waals surface area contributed by atoms with Crippen molar-refractivity contribution in [2.45, 2.75) is 25.6 Å². The fourth-order valence-corrected chi connectivity index (χ4v) is 3.29. The minimum absolute atomic E-state index is 0.0159. The highest BCUT2D eigenvalue weighted by atomic mass is 32.2. The van der Waals surface area contributed by atoms with Crippen LogP contribution in [-0.2, 0) is 16.8 Å². The van der Waals surface area contributed by atoms with E-state index in [1.54, 1.807) is 12.1 Å². The quantitative estimate of drug-likeness (QED) is 0.631. The Morgan fingerprint density at radius 3 is 2.41 bits per heavy atom. The van der Waals surface area contributed by atoms with E-state index in [4.69, 9.17) is 5.73 Å². The summed E-state index contributed by atoms with van der Waals surface area (Å²) in [4.78, 5) is 11.8. The highest BCUT2D eigenvalue weighted by Crippen LogP contribution is 2.30. The highest BCUT2D eigenvalue weighted by Gasteiger charge is 2.16. The predicted octanol–water partition coefficient (Wildman–Crippen LogP) is 2.60. The van der Waals surface area contributed by atoms with Gasteiger partial charge in [-0.1, -0.05) is 41.4 Å². The van der Waals surface area contributed by atoms with Gasteiger partial charge in [0.15, 0.2) is 5.69 Å². The summed E-state index contributed by atoms with van der Waals surface area (Å²) in [5.74, 6) is -0.661. The first-order valence-electron chi connectivity index (χ1n) is 8.37. The van der Waals surface area contributed by atoms with E-state index in [0.717, 1.165) is 22.1 Å². The van der Waals surface area contributed by atoms with Gasteiger partial charge in [-0.15, -0.1) is 10.2 Å². The number of nitrogens with zero attached hydrogens (tertiary/aromatic N) is 2. The molecule has 140 valence electrons. The number of aromatic nitrogens is 2. The lowest BCUT2D eigenvalue weighted by Gasteiger charge is -2.15. The van der Waals surface area contributed by atoms with E-state index in [0.29, 0.717) is 11.2 Å². The first-order chi connectivity index (χ1) is 12.8.